The van der Waals surface area contributed by atoms with Gasteiger partial charge in [0, 0.05) is 24.5 Å². The van der Waals surface area contributed by atoms with Crippen LogP contribution in [0.3, 0.4) is 0 Å². The van der Waals surface area contributed by atoms with E-state index in [1.54, 1.807) is 6.92 Å². The van der Waals surface area contributed by atoms with E-state index in [0.29, 0.717) is 42.3 Å². The number of carbonyl (C=O) groups excluding carboxylic acids is 3. The maximum atomic E-state index is 13.1. The number of esters is 1. The average Bonchev–Trinajstić information content (AvgIpc) is 3.33. The minimum absolute atomic E-state index is 0.0573. The predicted molar refractivity (Wildman–Crippen MR) is 127 cm³/mol. The Hall–Kier alpha value is -1.18. The van der Waals surface area contributed by atoms with Crippen LogP contribution in [0.15, 0.2) is 11.6 Å². The van der Waals surface area contributed by atoms with E-state index in [2.05, 4.69) is 13.8 Å². The number of carbonyl (C=O) groups is 3. The Morgan fingerprint density at radius 3 is 2.59 bits per heavy atom. The Balaban J connectivity index is 1.18. The second-order valence-electron chi connectivity index (χ2n) is 12.0. The van der Waals surface area contributed by atoms with Crippen molar-refractivity contribution in [1.29, 1.82) is 0 Å². The van der Waals surface area contributed by atoms with Gasteiger partial charge < -0.3 is 14.2 Å². The Kier molecular flexibility index (Phi) is 5.40. The van der Waals surface area contributed by atoms with Gasteiger partial charge >= 0.3 is 5.97 Å². The molecule has 7 heteroatoms. The van der Waals surface area contributed by atoms with Crippen LogP contribution in [0.25, 0.3) is 0 Å². The number of allylic oxidation sites excluding steroid dienone is 1. The molecule has 0 aromatic carbocycles. The lowest BCUT2D eigenvalue weighted by atomic mass is 9.46. The number of ether oxygens (including phenoxy) is 3. The van der Waals surface area contributed by atoms with Crippen molar-refractivity contribution in [1.82, 2.24) is 0 Å². The molecule has 2 heterocycles. The average molecular weight is 489 g/mol. The molecule has 1 spiro atoms. The SMILES string of the molecule is CC(=O)[C@@H]1CC[C@H]2[C@@H]3CCC4=CC(=O)C5(C[C@]4(C)[C@H]3CC[C@]12C)OC(CSC1CCOC1=O)O5. The van der Waals surface area contributed by atoms with Crippen molar-refractivity contribution in [3.05, 3.63) is 11.6 Å². The van der Waals surface area contributed by atoms with E-state index < -0.39 is 12.1 Å². The molecule has 6 aliphatic rings. The molecule has 2 aliphatic heterocycles. The summed E-state index contributed by atoms with van der Waals surface area (Å²) in [7, 11) is 0. The number of ketones is 2. The molecule has 5 fully saturated rings. The summed E-state index contributed by atoms with van der Waals surface area (Å²) in [6, 6.07) is 0. The second kappa shape index (κ2) is 7.91. The molecule has 6 nitrogen and oxygen atoms in total. The Morgan fingerprint density at radius 2 is 1.88 bits per heavy atom. The molecular formula is C27H36O6S. The Labute approximate surface area is 205 Å². The van der Waals surface area contributed by atoms with Crippen LogP contribution in [0, 0.1) is 34.5 Å². The number of hydrogen-bond donors (Lipinski definition) is 0. The molecule has 0 radical (unpaired) electrons. The fourth-order valence-electron chi connectivity index (χ4n) is 8.84. The monoisotopic (exact) mass is 488 g/mol. The Bertz CT molecular complexity index is 953. The van der Waals surface area contributed by atoms with E-state index >= 15 is 0 Å². The van der Waals surface area contributed by atoms with Gasteiger partial charge in [-0.05, 0) is 80.1 Å². The zero-order valence-electron chi connectivity index (χ0n) is 20.5. The summed E-state index contributed by atoms with van der Waals surface area (Å²) in [5.41, 5.74) is 1.28. The summed E-state index contributed by atoms with van der Waals surface area (Å²) in [6.45, 7) is 6.95. The van der Waals surface area contributed by atoms with Crippen LogP contribution in [-0.4, -0.2) is 47.2 Å². The van der Waals surface area contributed by atoms with E-state index in [0.717, 1.165) is 44.9 Å². The fraction of sp³-hybridized carbons (Fsp3) is 0.815. The molecule has 186 valence electrons. The lowest BCUT2D eigenvalue weighted by Crippen LogP contribution is -2.65. The molecule has 1 unspecified atom stereocenters. The summed E-state index contributed by atoms with van der Waals surface area (Å²) in [5.74, 6) is 1.38. The first-order chi connectivity index (χ1) is 16.2. The topological polar surface area (TPSA) is 78.9 Å². The third-order valence-electron chi connectivity index (χ3n) is 10.5. The standard InChI is InChI=1S/C27H36O6S/c1-15(28)18-6-7-19-17-5-4-16-12-22(29)27(14-26(16,3)20(17)8-10-25(18,19)2)32-23(33-27)13-34-21-9-11-31-24(21)30/h12,17-21,23H,4-11,13-14H2,1-3H3/t17-,18-,19-,20-,21?,23?,25+,26-,27?/m0/s1. The molecule has 0 aromatic rings. The van der Waals surface area contributed by atoms with Crippen molar-refractivity contribution in [2.75, 3.05) is 12.4 Å². The summed E-state index contributed by atoms with van der Waals surface area (Å²) in [6.07, 6.45) is 9.12. The van der Waals surface area contributed by atoms with Gasteiger partial charge in [0.1, 0.15) is 11.0 Å². The molecule has 2 saturated heterocycles. The fourth-order valence-corrected chi connectivity index (χ4v) is 9.83. The first-order valence-electron chi connectivity index (χ1n) is 13.1. The smallest absolute Gasteiger partial charge is 0.319 e. The number of cyclic esters (lactones) is 1. The molecule has 4 aliphatic carbocycles. The summed E-state index contributed by atoms with van der Waals surface area (Å²) >= 11 is 1.50. The zero-order chi connectivity index (χ0) is 23.9. The zero-order valence-corrected chi connectivity index (χ0v) is 21.3. The molecule has 3 saturated carbocycles. The van der Waals surface area contributed by atoms with Crippen LogP contribution in [-0.2, 0) is 28.6 Å². The minimum atomic E-state index is -1.17. The van der Waals surface area contributed by atoms with Crippen molar-refractivity contribution in [3.63, 3.8) is 0 Å². The maximum absolute atomic E-state index is 13.1. The highest BCUT2D eigenvalue weighted by Crippen LogP contribution is 2.68. The molecule has 0 bridgehead atoms. The number of Topliss-reactive ketones (excluding diaryl/α,β-unsaturated/α-hetero) is 1. The molecule has 34 heavy (non-hydrogen) atoms. The van der Waals surface area contributed by atoms with Crippen LogP contribution in [0.1, 0.15) is 72.1 Å². The molecular weight excluding hydrogens is 452 g/mol. The number of fused-ring (bicyclic) bond motifs is 5. The van der Waals surface area contributed by atoms with Crippen LogP contribution in [0.5, 0.6) is 0 Å². The summed E-state index contributed by atoms with van der Waals surface area (Å²) < 4.78 is 17.4. The first kappa shape index (κ1) is 23.2. The van der Waals surface area contributed by atoms with E-state index in [1.807, 2.05) is 6.08 Å². The van der Waals surface area contributed by atoms with Gasteiger partial charge in [-0.3, -0.25) is 14.4 Å². The lowest BCUT2D eigenvalue weighted by Gasteiger charge is -2.61. The molecule has 0 aromatic heterocycles. The highest BCUT2D eigenvalue weighted by atomic mass is 32.2. The van der Waals surface area contributed by atoms with E-state index in [-0.39, 0.29) is 33.8 Å². The Morgan fingerprint density at radius 1 is 1.09 bits per heavy atom. The van der Waals surface area contributed by atoms with Gasteiger partial charge in [-0.1, -0.05) is 19.4 Å². The van der Waals surface area contributed by atoms with Crippen molar-refractivity contribution < 1.29 is 28.6 Å². The summed E-state index contributed by atoms with van der Waals surface area (Å²) in [5, 5.41) is -0.157. The van der Waals surface area contributed by atoms with Gasteiger partial charge in [0.05, 0.1) is 6.61 Å². The van der Waals surface area contributed by atoms with Crippen LogP contribution < -0.4 is 0 Å². The van der Waals surface area contributed by atoms with Crippen LogP contribution in [0.4, 0.5) is 0 Å². The molecule has 0 N–H and O–H groups in total. The van der Waals surface area contributed by atoms with Crippen molar-refractivity contribution >= 4 is 29.3 Å². The van der Waals surface area contributed by atoms with Gasteiger partial charge in [0.2, 0.25) is 11.6 Å². The molecule has 6 rings (SSSR count). The summed E-state index contributed by atoms with van der Waals surface area (Å²) in [4.78, 5) is 37.3. The van der Waals surface area contributed by atoms with E-state index in [9.17, 15) is 14.4 Å². The highest BCUT2D eigenvalue weighted by Gasteiger charge is 2.65. The first-order valence-corrected chi connectivity index (χ1v) is 14.1. The third-order valence-corrected chi connectivity index (χ3v) is 11.8. The van der Waals surface area contributed by atoms with E-state index in [4.69, 9.17) is 14.2 Å². The molecule has 7 atom stereocenters. The molecule has 0 amide bonds. The largest absolute Gasteiger partial charge is 0.465 e. The van der Waals surface area contributed by atoms with Gasteiger partial charge in [-0.25, -0.2) is 0 Å². The number of rotatable bonds is 4. The lowest BCUT2D eigenvalue weighted by molar-refractivity contribution is -0.428. The van der Waals surface area contributed by atoms with Gasteiger partial charge in [-0.15, -0.1) is 11.8 Å². The van der Waals surface area contributed by atoms with E-state index in [1.165, 1.54) is 17.3 Å². The van der Waals surface area contributed by atoms with Gasteiger partial charge in [-0.2, -0.15) is 0 Å². The second-order valence-corrected chi connectivity index (χ2v) is 13.3. The minimum Gasteiger partial charge on any atom is -0.465 e. The van der Waals surface area contributed by atoms with Crippen LogP contribution in [0.2, 0.25) is 0 Å². The van der Waals surface area contributed by atoms with Gasteiger partial charge in [0.25, 0.3) is 0 Å². The number of hydrogen-bond acceptors (Lipinski definition) is 7. The van der Waals surface area contributed by atoms with Crippen molar-refractivity contribution in [2.24, 2.45) is 34.5 Å². The maximum Gasteiger partial charge on any atom is 0.319 e. The quantitative estimate of drug-likeness (QED) is 0.541. The normalized spacial score (nSPS) is 49.6. The predicted octanol–water partition coefficient (Wildman–Crippen LogP) is 4.45. The van der Waals surface area contributed by atoms with Crippen molar-refractivity contribution in [2.45, 2.75) is 89.5 Å². The number of thioether (sulfide) groups is 1. The van der Waals surface area contributed by atoms with Crippen LogP contribution >= 0.6 is 11.8 Å². The highest BCUT2D eigenvalue weighted by molar-refractivity contribution is 8.00. The third kappa shape index (κ3) is 3.25. The van der Waals surface area contributed by atoms with Gasteiger partial charge in [0.15, 0.2) is 6.29 Å². The van der Waals surface area contributed by atoms with Crippen molar-refractivity contribution in [3.8, 4) is 0 Å².